The van der Waals surface area contributed by atoms with Crippen molar-refractivity contribution in [2.75, 3.05) is 13.2 Å². The zero-order chi connectivity index (χ0) is 14.9. The van der Waals surface area contributed by atoms with Crippen LogP contribution in [0.3, 0.4) is 0 Å². The van der Waals surface area contributed by atoms with Crippen molar-refractivity contribution in [3.8, 4) is 0 Å². The van der Waals surface area contributed by atoms with Crippen molar-refractivity contribution in [1.82, 2.24) is 0 Å². The zero-order valence-corrected chi connectivity index (χ0v) is 12.7. The number of ether oxygens (including phenoxy) is 3. The van der Waals surface area contributed by atoms with Crippen LogP contribution in [0.5, 0.6) is 0 Å². The van der Waals surface area contributed by atoms with Gasteiger partial charge in [0.05, 0.1) is 13.2 Å². The monoisotopic (exact) mass is 274 g/mol. The maximum Gasteiger partial charge on any atom is 0.508 e. The smallest absolute Gasteiger partial charge is 0.465 e. The van der Waals surface area contributed by atoms with Crippen LogP contribution in [-0.2, 0) is 19.0 Å². The van der Waals surface area contributed by atoms with Gasteiger partial charge >= 0.3 is 12.1 Å². The molecule has 2 atom stereocenters. The summed E-state index contributed by atoms with van der Waals surface area (Å²) in [7, 11) is 0. The Bertz CT molecular complexity index is 290. The Hall–Kier alpha value is -1.26. The van der Waals surface area contributed by atoms with Gasteiger partial charge in [-0.1, -0.05) is 20.3 Å². The molecule has 0 aromatic rings. The van der Waals surface area contributed by atoms with E-state index in [1.54, 1.807) is 20.8 Å². The first-order valence-corrected chi connectivity index (χ1v) is 6.96. The molecule has 0 rings (SSSR count). The summed E-state index contributed by atoms with van der Waals surface area (Å²) in [4.78, 5) is 23.6. The third-order valence-corrected chi connectivity index (χ3v) is 3.09. The molecule has 0 aliphatic heterocycles. The van der Waals surface area contributed by atoms with E-state index in [2.05, 4.69) is 0 Å². The highest BCUT2D eigenvalue weighted by molar-refractivity contribution is 5.77. The molecule has 0 saturated heterocycles. The van der Waals surface area contributed by atoms with Gasteiger partial charge in [0, 0.05) is 0 Å². The largest absolute Gasteiger partial charge is 0.508 e. The van der Waals surface area contributed by atoms with Gasteiger partial charge in [-0.3, -0.25) is 4.79 Å². The molecule has 0 bridgehead atoms. The van der Waals surface area contributed by atoms with Crippen molar-refractivity contribution in [3.05, 3.63) is 0 Å². The van der Waals surface area contributed by atoms with Crippen LogP contribution in [0.25, 0.3) is 0 Å². The lowest BCUT2D eigenvalue weighted by atomic mass is 9.78. The fourth-order valence-electron chi connectivity index (χ4n) is 2.14. The number of esters is 1. The lowest BCUT2D eigenvalue weighted by Gasteiger charge is -2.33. The zero-order valence-electron chi connectivity index (χ0n) is 12.7. The topological polar surface area (TPSA) is 61.8 Å². The van der Waals surface area contributed by atoms with Crippen LogP contribution in [0.1, 0.15) is 53.9 Å². The Kier molecular flexibility index (Phi) is 8.19. The molecule has 5 heteroatoms. The molecule has 0 spiro atoms. The van der Waals surface area contributed by atoms with Crippen LogP contribution in [0.4, 0.5) is 4.79 Å². The van der Waals surface area contributed by atoms with Gasteiger partial charge in [0.2, 0.25) is 0 Å². The maximum atomic E-state index is 12.1. The molecule has 0 saturated carbocycles. The van der Waals surface area contributed by atoms with Crippen molar-refractivity contribution < 1.29 is 23.8 Å². The lowest BCUT2D eigenvalue weighted by molar-refractivity contribution is -0.163. The Balaban J connectivity index is 4.97. The first kappa shape index (κ1) is 17.7. The molecule has 19 heavy (non-hydrogen) atoms. The third kappa shape index (κ3) is 5.09. The average molecular weight is 274 g/mol. The Morgan fingerprint density at radius 1 is 1.05 bits per heavy atom. The number of hydrogen-bond donors (Lipinski definition) is 0. The summed E-state index contributed by atoms with van der Waals surface area (Å²) in [6.07, 6.45) is 0.669. The molecule has 0 aliphatic rings. The quantitative estimate of drug-likeness (QED) is 0.635. The SMILES string of the molecule is CCCC(C)(C(=O)OCC)C(CC)OC(=O)OCC. The number of hydrogen-bond acceptors (Lipinski definition) is 5. The standard InChI is InChI=1S/C14H26O5/c1-6-10-14(5,12(15)17-8-3)11(7-2)19-13(16)18-9-4/h11H,6-10H2,1-5H3. The Morgan fingerprint density at radius 3 is 2.05 bits per heavy atom. The molecule has 0 radical (unpaired) electrons. The summed E-state index contributed by atoms with van der Waals surface area (Å²) in [5.74, 6) is -0.326. The molecule has 2 unspecified atom stereocenters. The van der Waals surface area contributed by atoms with Crippen molar-refractivity contribution in [2.45, 2.75) is 60.0 Å². The summed E-state index contributed by atoms with van der Waals surface area (Å²) >= 11 is 0. The lowest BCUT2D eigenvalue weighted by Crippen LogP contribution is -2.43. The highest BCUT2D eigenvalue weighted by atomic mass is 16.7. The van der Waals surface area contributed by atoms with Crippen molar-refractivity contribution >= 4 is 12.1 Å². The number of carbonyl (C=O) groups is 2. The van der Waals surface area contributed by atoms with Crippen LogP contribution < -0.4 is 0 Å². The van der Waals surface area contributed by atoms with E-state index in [9.17, 15) is 9.59 Å². The minimum absolute atomic E-state index is 0.249. The number of carbonyl (C=O) groups excluding carboxylic acids is 2. The van der Waals surface area contributed by atoms with Gasteiger partial charge in [0.1, 0.15) is 11.5 Å². The van der Waals surface area contributed by atoms with Gasteiger partial charge in [-0.15, -0.1) is 0 Å². The fourth-order valence-corrected chi connectivity index (χ4v) is 2.14. The summed E-state index contributed by atoms with van der Waals surface area (Å²) in [6.45, 7) is 9.66. The van der Waals surface area contributed by atoms with E-state index in [0.29, 0.717) is 19.4 Å². The van der Waals surface area contributed by atoms with Gasteiger partial charge in [-0.2, -0.15) is 0 Å². The van der Waals surface area contributed by atoms with E-state index in [1.807, 2.05) is 13.8 Å². The van der Waals surface area contributed by atoms with Crippen LogP contribution in [0.2, 0.25) is 0 Å². The molecule has 0 amide bonds. The Labute approximate surface area is 115 Å². The molecule has 0 aromatic carbocycles. The summed E-state index contributed by atoms with van der Waals surface area (Å²) < 4.78 is 15.2. The van der Waals surface area contributed by atoms with Crippen LogP contribution in [-0.4, -0.2) is 31.4 Å². The minimum Gasteiger partial charge on any atom is -0.465 e. The average Bonchev–Trinajstić information content (AvgIpc) is 2.36. The van der Waals surface area contributed by atoms with Gasteiger partial charge in [-0.25, -0.2) is 4.79 Å². The van der Waals surface area contributed by atoms with E-state index < -0.39 is 17.7 Å². The third-order valence-electron chi connectivity index (χ3n) is 3.09. The molecule has 5 nitrogen and oxygen atoms in total. The molecule has 0 fully saturated rings. The van der Waals surface area contributed by atoms with Crippen molar-refractivity contribution in [1.29, 1.82) is 0 Å². The highest BCUT2D eigenvalue weighted by Crippen LogP contribution is 2.33. The molecule has 0 aliphatic carbocycles. The van der Waals surface area contributed by atoms with Gasteiger partial charge in [-0.05, 0) is 33.6 Å². The van der Waals surface area contributed by atoms with Crippen LogP contribution >= 0.6 is 0 Å². The summed E-state index contributed by atoms with van der Waals surface area (Å²) in [5.41, 5.74) is -0.827. The molecule has 0 aromatic heterocycles. The first-order chi connectivity index (χ1) is 8.96. The normalized spacial score (nSPS) is 15.2. The molecular formula is C14H26O5. The van der Waals surface area contributed by atoms with Gasteiger partial charge in [0.25, 0.3) is 0 Å². The summed E-state index contributed by atoms with van der Waals surface area (Å²) in [6, 6.07) is 0. The Morgan fingerprint density at radius 2 is 1.63 bits per heavy atom. The predicted octanol–water partition coefficient (Wildman–Crippen LogP) is 3.31. The van der Waals surface area contributed by atoms with E-state index in [1.165, 1.54) is 0 Å². The maximum absolute atomic E-state index is 12.1. The minimum atomic E-state index is -0.827. The van der Waals surface area contributed by atoms with Crippen molar-refractivity contribution in [3.63, 3.8) is 0 Å². The highest BCUT2D eigenvalue weighted by Gasteiger charge is 2.43. The summed E-state index contributed by atoms with van der Waals surface area (Å²) in [5, 5.41) is 0. The first-order valence-electron chi connectivity index (χ1n) is 6.96. The van der Waals surface area contributed by atoms with E-state index in [-0.39, 0.29) is 12.6 Å². The second-order valence-electron chi connectivity index (χ2n) is 4.59. The van der Waals surface area contributed by atoms with Crippen molar-refractivity contribution in [2.24, 2.45) is 5.41 Å². The molecule has 0 heterocycles. The van der Waals surface area contributed by atoms with Crippen LogP contribution in [0.15, 0.2) is 0 Å². The van der Waals surface area contributed by atoms with E-state index >= 15 is 0 Å². The second kappa shape index (κ2) is 8.77. The van der Waals surface area contributed by atoms with Gasteiger partial charge < -0.3 is 14.2 Å². The van der Waals surface area contributed by atoms with E-state index in [4.69, 9.17) is 14.2 Å². The number of rotatable bonds is 8. The van der Waals surface area contributed by atoms with Crippen LogP contribution in [0, 0.1) is 5.41 Å². The fraction of sp³-hybridized carbons (Fsp3) is 0.857. The predicted molar refractivity (Wildman–Crippen MR) is 71.8 cm³/mol. The molecule has 0 N–H and O–H groups in total. The van der Waals surface area contributed by atoms with Gasteiger partial charge in [0.15, 0.2) is 0 Å². The van der Waals surface area contributed by atoms with E-state index in [0.717, 1.165) is 6.42 Å². The molecule has 112 valence electrons. The molecular weight excluding hydrogens is 248 g/mol. The second-order valence-corrected chi connectivity index (χ2v) is 4.59.